The molecule has 0 aromatic heterocycles. The van der Waals surface area contributed by atoms with Crippen molar-refractivity contribution in [2.45, 2.75) is 20.8 Å². The fourth-order valence-electron chi connectivity index (χ4n) is 0.978. The van der Waals surface area contributed by atoms with E-state index in [2.05, 4.69) is 20.8 Å². The van der Waals surface area contributed by atoms with Gasteiger partial charge in [-0.1, -0.05) is 63.3 Å². The Kier molecular flexibility index (Phi) is 4.12. The maximum absolute atomic E-state index is 7.96. The van der Waals surface area contributed by atoms with Crippen LogP contribution < -0.4 is 0 Å². The Morgan fingerprint density at radius 3 is 2.20 bits per heavy atom. The van der Waals surface area contributed by atoms with E-state index in [1.54, 1.807) is 0 Å². The SMILES string of the molecule is CC(C)(C)C(=S)PC(=N)c1ccccc1. The number of benzene rings is 1. The van der Waals surface area contributed by atoms with Gasteiger partial charge in [0.25, 0.3) is 0 Å². The molecule has 0 spiro atoms. The number of rotatable bonds is 3. The topological polar surface area (TPSA) is 23.9 Å². The van der Waals surface area contributed by atoms with Crippen molar-refractivity contribution in [1.82, 2.24) is 0 Å². The molecule has 1 N–H and O–H groups in total. The predicted molar refractivity (Wildman–Crippen MR) is 73.6 cm³/mol. The van der Waals surface area contributed by atoms with Gasteiger partial charge in [0.05, 0.1) is 5.45 Å². The fourth-order valence-corrected chi connectivity index (χ4v) is 2.20. The highest BCUT2D eigenvalue weighted by Gasteiger charge is 2.18. The zero-order valence-electron chi connectivity index (χ0n) is 9.29. The normalized spacial score (nSPS) is 11.9. The Bertz CT molecular complexity index is 365. The summed E-state index contributed by atoms with van der Waals surface area (Å²) in [6, 6.07) is 9.78. The van der Waals surface area contributed by atoms with E-state index in [0.29, 0.717) is 14.0 Å². The highest BCUT2D eigenvalue weighted by molar-refractivity contribution is 7.98. The quantitative estimate of drug-likeness (QED) is 0.478. The predicted octanol–water partition coefficient (Wildman–Crippen LogP) is 4.06. The van der Waals surface area contributed by atoms with E-state index in [9.17, 15) is 0 Å². The lowest BCUT2D eigenvalue weighted by molar-refractivity contribution is 0.610. The first kappa shape index (κ1) is 12.5. The average molecular weight is 237 g/mol. The summed E-state index contributed by atoms with van der Waals surface area (Å²) >= 11 is 5.34. The van der Waals surface area contributed by atoms with Gasteiger partial charge in [0.1, 0.15) is 0 Å². The van der Waals surface area contributed by atoms with E-state index in [0.717, 1.165) is 10.2 Å². The van der Waals surface area contributed by atoms with Gasteiger partial charge in [0.2, 0.25) is 0 Å². The van der Waals surface area contributed by atoms with Crippen molar-refractivity contribution in [1.29, 1.82) is 5.41 Å². The molecule has 0 aliphatic carbocycles. The van der Waals surface area contributed by atoms with Crippen LogP contribution in [0.3, 0.4) is 0 Å². The maximum Gasteiger partial charge on any atom is 0.0633 e. The van der Waals surface area contributed by atoms with Crippen LogP contribution in [-0.4, -0.2) is 10.1 Å². The molecule has 0 amide bonds. The van der Waals surface area contributed by atoms with Crippen molar-refractivity contribution < 1.29 is 0 Å². The van der Waals surface area contributed by atoms with Gasteiger partial charge in [-0.15, -0.1) is 0 Å². The molecule has 0 saturated heterocycles. The highest BCUT2D eigenvalue weighted by Crippen LogP contribution is 2.31. The van der Waals surface area contributed by atoms with Crippen LogP contribution in [0.4, 0.5) is 0 Å². The maximum atomic E-state index is 7.96. The highest BCUT2D eigenvalue weighted by atomic mass is 32.1. The summed E-state index contributed by atoms with van der Waals surface area (Å²) in [6.45, 7) is 6.29. The molecule has 3 heteroatoms. The lowest BCUT2D eigenvalue weighted by Gasteiger charge is -2.19. The third-order valence-corrected chi connectivity index (χ3v) is 4.42. The molecular weight excluding hydrogens is 221 g/mol. The van der Waals surface area contributed by atoms with Crippen molar-refractivity contribution in [2.75, 3.05) is 0 Å². The molecule has 0 aliphatic rings. The van der Waals surface area contributed by atoms with Gasteiger partial charge in [0.15, 0.2) is 0 Å². The number of nitrogens with one attached hydrogen (secondary N) is 1. The minimum atomic E-state index is 0.0227. The van der Waals surface area contributed by atoms with Crippen LogP contribution in [0, 0.1) is 10.8 Å². The van der Waals surface area contributed by atoms with Gasteiger partial charge in [-0.3, -0.25) is 5.41 Å². The first-order valence-electron chi connectivity index (χ1n) is 4.86. The summed E-state index contributed by atoms with van der Waals surface area (Å²) in [5.74, 6) is 0. The molecule has 1 atom stereocenters. The summed E-state index contributed by atoms with van der Waals surface area (Å²) in [4.78, 5) is 0. The molecule has 15 heavy (non-hydrogen) atoms. The second kappa shape index (κ2) is 4.96. The molecule has 0 fully saturated rings. The Morgan fingerprint density at radius 1 is 1.20 bits per heavy atom. The van der Waals surface area contributed by atoms with Gasteiger partial charge in [-0.25, -0.2) is 0 Å². The van der Waals surface area contributed by atoms with Gasteiger partial charge >= 0.3 is 0 Å². The molecule has 0 aliphatic heterocycles. The number of hydrogen-bond acceptors (Lipinski definition) is 2. The van der Waals surface area contributed by atoms with E-state index in [1.807, 2.05) is 30.3 Å². The van der Waals surface area contributed by atoms with E-state index in [4.69, 9.17) is 17.6 Å². The monoisotopic (exact) mass is 237 g/mol. The molecule has 0 heterocycles. The zero-order valence-corrected chi connectivity index (χ0v) is 11.1. The lowest BCUT2D eigenvalue weighted by Crippen LogP contribution is -2.15. The van der Waals surface area contributed by atoms with Crippen molar-refractivity contribution >= 4 is 30.9 Å². The van der Waals surface area contributed by atoms with Gasteiger partial charge in [0, 0.05) is 4.61 Å². The Morgan fingerprint density at radius 2 is 1.73 bits per heavy atom. The zero-order chi connectivity index (χ0) is 11.5. The third kappa shape index (κ3) is 3.81. The molecule has 1 nitrogen and oxygen atoms in total. The smallest absolute Gasteiger partial charge is 0.0633 e. The summed E-state index contributed by atoms with van der Waals surface area (Å²) in [7, 11) is 0.323. The van der Waals surface area contributed by atoms with E-state index in [-0.39, 0.29) is 5.41 Å². The standard InChI is InChI=1S/C12H16NPS/c1-12(2,3)11(15)14-10(13)9-7-5-4-6-8-9/h4-8,13-14H,1-3H3. The van der Waals surface area contributed by atoms with Crippen LogP contribution >= 0.6 is 20.8 Å². The van der Waals surface area contributed by atoms with Gasteiger partial charge in [-0.05, 0) is 19.6 Å². The molecule has 1 aromatic rings. The summed E-state index contributed by atoms with van der Waals surface area (Å²) < 4.78 is 0.969. The lowest BCUT2D eigenvalue weighted by atomic mass is 10.0. The largest absolute Gasteiger partial charge is 0.300 e. The average Bonchev–Trinajstić information content (AvgIpc) is 2.17. The molecule has 0 bridgehead atoms. The number of hydrogen-bond donors (Lipinski definition) is 1. The fraction of sp³-hybridized carbons (Fsp3) is 0.333. The van der Waals surface area contributed by atoms with Crippen molar-refractivity contribution in [3.8, 4) is 0 Å². The molecule has 80 valence electrons. The molecule has 1 aromatic carbocycles. The Labute approximate surface area is 98.6 Å². The third-order valence-electron chi connectivity index (χ3n) is 1.98. The Balaban J connectivity index is 2.70. The molecule has 1 unspecified atom stereocenters. The van der Waals surface area contributed by atoms with Crippen LogP contribution in [0.1, 0.15) is 26.3 Å². The van der Waals surface area contributed by atoms with Gasteiger partial charge < -0.3 is 0 Å². The minimum Gasteiger partial charge on any atom is -0.300 e. The minimum absolute atomic E-state index is 0.0227. The van der Waals surface area contributed by atoms with E-state index in [1.165, 1.54) is 0 Å². The van der Waals surface area contributed by atoms with Crippen molar-refractivity contribution in [3.05, 3.63) is 35.9 Å². The first-order valence-corrected chi connectivity index (χ1v) is 6.27. The van der Waals surface area contributed by atoms with Crippen LogP contribution in [0.25, 0.3) is 0 Å². The first-order chi connectivity index (χ1) is 6.91. The summed E-state index contributed by atoms with van der Waals surface area (Å²) in [5.41, 5.74) is 1.63. The summed E-state index contributed by atoms with van der Waals surface area (Å²) in [5, 5.41) is 7.96. The van der Waals surface area contributed by atoms with Crippen molar-refractivity contribution in [2.24, 2.45) is 5.41 Å². The van der Waals surface area contributed by atoms with E-state index >= 15 is 0 Å². The van der Waals surface area contributed by atoms with Crippen LogP contribution in [0.2, 0.25) is 0 Å². The Hall–Kier alpha value is -0.590. The molecular formula is C12H16NPS. The van der Waals surface area contributed by atoms with E-state index < -0.39 is 0 Å². The van der Waals surface area contributed by atoms with Crippen LogP contribution in [-0.2, 0) is 0 Å². The van der Waals surface area contributed by atoms with Gasteiger partial charge in [-0.2, -0.15) is 0 Å². The van der Waals surface area contributed by atoms with Crippen LogP contribution in [0.5, 0.6) is 0 Å². The number of thiocarbonyl (C=S) groups is 1. The molecule has 0 radical (unpaired) electrons. The second-order valence-corrected chi connectivity index (χ2v) is 6.47. The van der Waals surface area contributed by atoms with Crippen LogP contribution in [0.15, 0.2) is 30.3 Å². The molecule has 0 saturated carbocycles. The second-order valence-electron chi connectivity index (χ2n) is 4.45. The van der Waals surface area contributed by atoms with Crippen molar-refractivity contribution in [3.63, 3.8) is 0 Å². The molecule has 1 rings (SSSR count). The summed E-state index contributed by atoms with van der Waals surface area (Å²) in [6.07, 6.45) is 0.